The third-order valence-electron chi connectivity index (χ3n) is 10.6. The second-order valence-electron chi connectivity index (χ2n) is 14.2. The van der Waals surface area contributed by atoms with E-state index in [0.717, 1.165) is 30.0 Å². The molecule has 8 rings (SSSR count). The molecule has 5 atom stereocenters. The van der Waals surface area contributed by atoms with Gasteiger partial charge in [-0.3, -0.25) is 14.2 Å². The summed E-state index contributed by atoms with van der Waals surface area (Å²) in [6.45, 7) is 6.41. The number of imidazole rings is 1. The predicted molar refractivity (Wildman–Crippen MR) is 209 cm³/mol. The van der Waals surface area contributed by atoms with E-state index in [1.54, 1.807) is 19.2 Å². The minimum atomic E-state index is -1.46. The van der Waals surface area contributed by atoms with Crippen molar-refractivity contribution in [2.24, 2.45) is 0 Å². The zero-order chi connectivity index (χ0) is 38.6. The smallest absolute Gasteiger partial charge is 0.253 e. The van der Waals surface area contributed by atoms with E-state index in [-0.39, 0.29) is 17.9 Å². The van der Waals surface area contributed by atoms with Crippen LogP contribution < -0.4 is 25.8 Å². The number of carbonyl (C=O) groups excluding carboxylic acids is 2. The van der Waals surface area contributed by atoms with E-state index in [4.69, 9.17) is 19.4 Å². The number of ether oxygens (including phenoxy) is 2. The number of carbonyl (C=O) groups is 2. The lowest BCUT2D eigenvalue weighted by Gasteiger charge is -2.27. The summed E-state index contributed by atoms with van der Waals surface area (Å²) in [6, 6.07) is 23.9. The highest BCUT2D eigenvalue weighted by atomic mass is 16.6. The second-order valence-corrected chi connectivity index (χ2v) is 14.2. The summed E-state index contributed by atoms with van der Waals surface area (Å²) in [6.07, 6.45) is -1.58. The summed E-state index contributed by atoms with van der Waals surface area (Å²) in [5.41, 5.74) is 3.50. The van der Waals surface area contributed by atoms with Gasteiger partial charge in [0.05, 0.1) is 25.1 Å². The van der Waals surface area contributed by atoms with Crippen molar-refractivity contribution in [3.05, 3.63) is 102 Å². The quantitative estimate of drug-likeness (QED) is 0.124. The summed E-state index contributed by atoms with van der Waals surface area (Å²) < 4.78 is 12.9. The first-order valence-corrected chi connectivity index (χ1v) is 19.1. The number of pyridine rings is 1. The van der Waals surface area contributed by atoms with E-state index in [9.17, 15) is 19.8 Å². The van der Waals surface area contributed by atoms with Crippen molar-refractivity contribution < 1.29 is 29.3 Å². The first-order valence-electron chi connectivity index (χ1n) is 19.1. The molecule has 16 nitrogen and oxygen atoms in total. The number of rotatable bonds is 12. The van der Waals surface area contributed by atoms with Crippen LogP contribution in [0.4, 0.5) is 17.6 Å². The molecule has 3 aliphatic rings. The number of amides is 2. The summed E-state index contributed by atoms with van der Waals surface area (Å²) >= 11 is 0. The van der Waals surface area contributed by atoms with Crippen LogP contribution in [0, 0.1) is 0 Å². The molecular formula is C40H46N10O6. The molecule has 2 aromatic carbocycles. The Morgan fingerprint density at radius 2 is 1.62 bits per heavy atom. The molecule has 3 aromatic heterocycles. The minimum Gasteiger partial charge on any atom is -0.387 e. The van der Waals surface area contributed by atoms with E-state index in [1.165, 1.54) is 10.9 Å². The van der Waals surface area contributed by atoms with Crippen molar-refractivity contribution in [3.8, 4) is 0 Å². The van der Waals surface area contributed by atoms with Crippen LogP contribution in [-0.4, -0.2) is 123 Å². The van der Waals surface area contributed by atoms with Crippen LogP contribution in [0.2, 0.25) is 0 Å². The van der Waals surface area contributed by atoms with E-state index in [2.05, 4.69) is 55.1 Å². The van der Waals surface area contributed by atoms with Crippen molar-refractivity contribution in [1.29, 1.82) is 0 Å². The van der Waals surface area contributed by atoms with E-state index in [0.29, 0.717) is 74.3 Å². The highest BCUT2D eigenvalue weighted by Gasteiger charge is 2.48. The molecule has 56 heavy (non-hydrogen) atoms. The molecule has 5 N–H and O–H groups in total. The highest BCUT2D eigenvalue weighted by molar-refractivity contribution is 5.94. The maximum absolute atomic E-state index is 13.3. The molecule has 2 amide bonds. The van der Waals surface area contributed by atoms with Gasteiger partial charge in [-0.1, -0.05) is 60.7 Å². The van der Waals surface area contributed by atoms with E-state index in [1.807, 2.05) is 47.4 Å². The highest BCUT2D eigenvalue weighted by Crippen LogP contribution is 2.34. The maximum Gasteiger partial charge on any atom is 0.253 e. The molecule has 0 aliphatic carbocycles. The lowest BCUT2D eigenvalue weighted by Crippen LogP contribution is -2.42. The average Bonchev–Trinajstić information content (AvgIpc) is 3.96. The van der Waals surface area contributed by atoms with E-state index < -0.39 is 30.4 Å². The standard InChI is InChI=1S/C40H46N10O6/c1-2-41-38(54)34-32(51)33(52)39(56-34)50-24-44-31-35(43-22-29(25-9-5-3-6-10-25)26-11-7-4-8-12-26)46-40(47-36(31)50)49-16-15-28(23-49)45-37(53)27-13-14-30(42-21-27)48-17-19-55-20-18-48/h3-14,21,24,28-29,32-34,39,51-52H,2,15-20,22-23H2,1H3,(H,41,54)(H,45,53)(H,43,46,47)/t28-,32+,33-,34+,39-/m1/s1. The van der Waals surface area contributed by atoms with Crippen LogP contribution in [-0.2, 0) is 14.3 Å². The second kappa shape index (κ2) is 16.6. The Labute approximate surface area is 323 Å². The van der Waals surface area contributed by atoms with Gasteiger partial charge in [0.25, 0.3) is 11.8 Å². The fourth-order valence-electron chi connectivity index (χ4n) is 7.56. The molecule has 5 aromatic rings. The monoisotopic (exact) mass is 762 g/mol. The molecule has 3 fully saturated rings. The molecule has 292 valence electrons. The molecule has 0 bridgehead atoms. The van der Waals surface area contributed by atoms with Gasteiger partial charge in [0.2, 0.25) is 5.95 Å². The SMILES string of the molecule is CCNC(=O)[C@H]1O[C@@H](n2cnc3c(NCC(c4ccccc4)c4ccccc4)nc(N4CC[C@@H](NC(=O)c5ccc(N6CCOCC6)nc5)C4)nc32)[C@H](O)[C@@H]1O. The van der Waals surface area contributed by atoms with Gasteiger partial charge < -0.3 is 45.4 Å². The first kappa shape index (κ1) is 37.3. The van der Waals surface area contributed by atoms with Gasteiger partial charge in [-0.15, -0.1) is 0 Å². The van der Waals surface area contributed by atoms with Crippen LogP contribution in [0.3, 0.4) is 0 Å². The summed E-state index contributed by atoms with van der Waals surface area (Å²) in [5.74, 6) is 0.911. The number of anilines is 3. The summed E-state index contributed by atoms with van der Waals surface area (Å²) in [4.78, 5) is 49.3. The Bertz CT molecular complexity index is 2080. The third-order valence-corrected chi connectivity index (χ3v) is 10.6. The number of likely N-dealkylation sites (N-methyl/N-ethyl adjacent to an activating group) is 1. The summed E-state index contributed by atoms with van der Waals surface area (Å²) in [7, 11) is 0. The molecule has 0 unspecified atom stereocenters. The number of nitrogens with one attached hydrogen (secondary N) is 3. The molecule has 3 aliphatic heterocycles. The van der Waals surface area contributed by atoms with Gasteiger partial charge in [0.15, 0.2) is 29.3 Å². The normalized spacial score (nSPS) is 22.5. The van der Waals surface area contributed by atoms with Crippen molar-refractivity contribution in [2.75, 3.05) is 67.6 Å². The number of hydrogen-bond acceptors (Lipinski definition) is 13. The fourth-order valence-corrected chi connectivity index (χ4v) is 7.56. The van der Waals surface area contributed by atoms with Gasteiger partial charge in [0, 0.05) is 57.4 Å². The van der Waals surface area contributed by atoms with E-state index >= 15 is 0 Å². The van der Waals surface area contributed by atoms with Crippen molar-refractivity contribution in [3.63, 3.8) is 0 Å². The van der Waals surface area contributed by atoms with Crippen molar-refractivity contribution in [2.45, 2.75) is 49.8 Å². The maximum atomic E-state index is 13.3. The van der Waals surface area contributed by atoms with Crippen LogP contribution in [0.1, 0.15) is 47.0 Å². The van der Waals surface area contributed by atoms with Crippen molar-refractivity contribution >= 4 is 40.6 Å². The van der Waals surface area contributed by atoms with Crippen LogP contribution in [0.5, 0.6) is 0 Å². The lowest BCUT2D eigenvalue weighted by atomic mass is 9.91. The number of hydrogen-bond donors (Lipinski definition) is 5. The molecule has 0 spiro atoms. The zero-order valence-corrected chi connectivity index (χ0v) is 31.1. The van der Waals surface area contributed by atoms with Gasteiger partial charge in [-0.05, 0) is 36.6 Å². The molecule has 3 saturated heterocycles. The van der Waals surface area contributed by atoms with Crippen LogP contribution in [0.15, 0.2) is 85.3 Å². The molecule has 0 radical (unpaired) electrons. The van der Waals surface area contributed by atoms with Gasteiger partial charge in [-0.2, -0.15) is 9.97 Å². The van der Waals surface area contributed by atoms with Crippen molar-refractivity contribution in [1.82, 2.24) is 35.1 Å². The topological polar surface area (TPSA) is 192 Å². The number of fused-ring (bicyclic) bond motifs is 1. The molecular weight excluding hydrogens is 717 g/mol. The number of aromatic nitrogens is 5. The minimum absolute atomic E-state index is 0.0234. The molecule has 6 heterocycles. The predicted octanol–water partition coefficient (Wildman–Crippen LogP) is 2.07. The Morgan fingerprint density at radius 3 is 2.30 bits per heavy atom. The van der Waals surface area contributed by atoms with Gasteiger partial charge in [-0.25, -0.2) is 9.97 Å². The van der Waals surface area contributed by atoms with Crippen LogP contribution >= 0.6 is 0 Å². The van der Waals surface area contributed by atoms with Gasteiger partial charge >= 0.3 is 0 Å². The fraction of sp³-hybridized carbons (Fsp3) is 0.400. The Kier molecular flexibility index (Phi) is 11.0. The third kappa shape index (κ3) is 7.73. The van der Waals surface area contributed by atoms with Gasteiger partial charge in [0.1, 0.15) is 18.0 Å². The molecule has 16 heteroatoms. The van der Waals surface area contributed by atoms with Crippen LogP contribution in [0.25, 0.3) is 11.2 Å². The number of aliphatic hydroxyl groups is 2. The lowest BCUT2D eigenvalue weighted by molar-refractivity contribution is -0.137. The largest absolute Gasteiger partial charge is 0.387 e. The average molecular weight is 763 g/mol. The summed E-state index contributed by atoms with van der Waals surface area (Å²) in [5, 5.41) is 31.3. The Balaban J connectivity index is 1.06. The molecule has 0 saturated carbocycles. The number of aliphatic hydroxyl groups excluding tert-OH is 2. The number of nitrogens with zero attached hydrogens (tertiary/aromatic N) is 7. The number of morpholine rings is 1. The Morgan fingerprint density at radius 1 is 0.893 bits per heavy atom. The Hall–Kier alpha value is -5.68. The number of benzene rings is 2. The first-order chi connectivity index (χ1) is 27.4. The zero-order valence-electron chi connectivity index (χ0n) is 31.1.